The number of amides is 1. The van der Waals surface area contributed by atoms with E-state index in [1.54, 1.807) is 6.07 Å². The lowest BCUT2D eigenvalue weighted by molar-refractivity contribution is 0.0954. The fourth-order valence-corrected chi connectivity index (χ4v) is 2.79. The summed E-state index contributed by atoms with van der Waals surface area (Å²) in [5.74, 6) is 6.12. The number of hydrogen-bond acceptors (Lipinski definition) is 9. The van der Waals surface area contributed by atoms with Crippen LogP contribution in [0.15, 0.2) is 47.7 Å². The molecule has 0 fully saturated rings. The van der Waals surface area contributed by atoms with Gasteiger partial charge in [0.15, 0.2) is 0 Å². The molecule has 3 rings (SSSR count). The van der Waals surface area contributed by atoms with Crippen molar-refractivity contribution < 1.29 is 24.5 Å². The molecule has 0 aliphatic heterocycles. The van der Waals surface area contributed by atoms with Crippen LogP contribution in [0.4, 0.5) is 8.78 Å². The largest absolute Gasteiger partial charge is 0.497 e. The SMILES string of the molecule is CCS.COc1ccn(-c2cc(-c3cc(C(F)F)ncc3OC)c(C(=O)NN)cn2)c(=O)c1.N.[HH]. The molecular formula is C21H28F2N6O4S. The minimum Gasteiger partial charge on any atom is -0.497 e. The predicted octanol–water partition coefficient (Wildman–Crippen LogP) is 3.20. The van der Waals surface area contributed by atoms with Gasteiger partial charge in [0.2, 0.25) is 0 Å². The van der Waals surface area contributed by atoms with Crippen LogP contribution in [0.5, 0.6) is 11.5 Å². The third-order valence-electron chi connectivity index (χ3n) is 4.26. The summed E-state index contributed by atoms with van der Waals surface area (Å²) in [5.41, 5.74) is 1.35. The molecule has 0 unspecified atom stereocenters. The summed E-state index contributed by atoms with van der Waals surface area (Å²) in [7, 11) is 2.76. The number of nitrogens with one attached hydrogen (secondary N) is 1. The summed E-state index contributed by atoms with van der Waals surface area (Å²) < 4.78 is 37.9. The van der Waals surface area contributed by atoms with Gasteiger partial charge < -0.3 is 15.6 Å². The third-order valence-corrected chi connectivity index (χ3v) is 4.26. The summed E-state index contributed by atoms with van der Waals surface area (Å²) in [4.78, 5) is 32.5. The second-order valence-corrected chi connectivity index (χ2v) is 6.90. The van der Waals surface area contributed by atoms with Crippen molar-refractivity contribution >= 4 is 18.5 Å². The minimum absolute atomic E-state index is 0. The molecular weight excluding hydrogens is 470 g/mol. The second kappa shape index (κ2) is 13.2. The molecule has 3 aromatic heterocycles. The van der Waals surface area contributed by atoms with Crippen LogP contribution >= 0.6 is 12.6 Å². The van der Waals surface area contributed by atoms with Gasteiger partial charge >= 0.3 is 0 Å². The number of aromatic nitrogens is 3. The molecule has 10 nitrogen and oxygen atoms in total. The summed E-state index contributed by atoms with van der Waals surface area (Å²) in [6, 6.07) is 5.30. The molecule has 0 aliphatic carbocycles. The number of nitrogens with two attached hydrogens (primary N) is 1. The van der Waals surface area contributed by atoms with Gasteiger partial charge in [-0.05, 0) is 24.0 Å². The Morgan fingerprint density at radius 2 is 1.88 bits per heavy atom. The number of halogens is 2. The molecule has 186 valence electrons. The van der Waals surface area contributed by atoms with Crippen molar-refractivity contribution in [2.75, 3.05) is 20.0 Å². The zero-order valence-electron chi connectivity index (χ0n) is 18.8. The van der Waals surface area contributed by atoms with Crippen LogP contribution in [0.3, 0.4) is 0 Å². The zero-order valence-corrected chi connectivity index (χ0v) is 19.7. The van der Waals surface area contributed by atoms with Crippen LogP contribution < -0.4 is 32.5 Å². The summed E-state index contributed by atoms with van der Waals surface area (Å²) in [6.45, 7) is 1.99. The quantitative estimate of drug-likeness (QED) is 0.175. The number of alkyl halides is 2. The van der Waals surface area contributed by atoms with Gasteiger partial charge in [0.05, 0.1) is 26.0 Å². The Labute approximate surface area is 201 Å². The Morgan fingerprint density at radius 1 is 1.21 bits per heavy atom. The van der Waals surface area contributed by atoms with Gasteiger partial charge in [0, 0.05) is 31.0 Å². The average molecular weight is 499 g/mol. The molecule has 0 radical (unpaired) electrons. The highest BCUT2D eigenvalue weighted by Crippen LogP contribution is 2.35. The van der Waals surface area contributed by atoms with Gasteiger partial charge in [-0.2, -0.15) is 12.6 Å². The number of hydrazine groups is 1. The van der Waals surface area contributed by atoms with E-state index in [2.05, 4.69) is 22.6 Å². The van der Waals surface area contributed by atoms with Crippen molar-refractivity contribution in [3.63, 3.8) is 0 Å². The zero-order chi connectivity index (χ0) is 24.5. The first-order chi connectivity index (χ1) is 15.8. The number of pyridine rings is 3. The van der Waals surface area contributed by atoms with Crippen LogP contribution in [0.1, 0.15) is 30.8 Å². The number of carbonyl (C=O) groups excluding carboxylic acids is 1. The van der Waals surface area contributed by atoms with Crippen molar-refractivity contribution in [3.8, 4) is 28.4 Å². The molecule has 0 saturated carbocycles. The van der Waals surface area contributed by atoms with Crippen molar-refractivity contribution in [1.29, 1.82) is 0 Å². The minimum atomic E-state index is -2.84. The van der Waals surface area contributed by atoms with Gasteiger partial charge in [-0.1, -0.05) is 6.92 Å². The van der Waals surface area contributed by atoms with E-state index in [4.69, 9.17) is 15.3 Å². The van der Waals surface area contributed by atoms with Crippen LogP contribution in [0, 0.1) is 0 Å². The lowest BCUT2D eigenvalue weighted by atomic mass is 10.00. The van der Waals surface area contributed by atoms with E-state index in [1.165, 1.54) is 43.3 Å². The maximum absolute atomic E-state index is 13.2. The smallest absolute Gasteiger partial charge is 0.280 e. The molecule has 3 aromatic rings. The monoisotopic (exact) mass is 498 g/mol. The van der Waals surface area contributed by atoms with E-state index >= 15 is 0 Å². The summed E-state index contributed by atoms with van der Waals surface area (Å²) >= 11 is 3.79. The Bertz CT molecular complexity index is 1180. The number of ether oxygens (including phenoxy) is 2. The Kier molecular flexibility index (Phi) is 11.1. The lowest BCUT2D eigenvalue weighted by Crippen LogP contribution is -2.30. The molecule has 3 heterocycles. The van der Waals surface area contributed by atoms with Crippen LogP contribution in [0.2, 0.25) is 0 Å². The number of nitrogen functional groups attached to an aromatic ring is 1. The number of carbonyl (C=O) groups is 1. The number of nitrogens with zero attached hydrogens (tertiary/aromatic N) is 3. The first-order valence-electron chi connectivity index (χ1n) is 9.52. The van der Waals surface area contributed by atoms with Crippen LogP contribution in [-0.2, 0) is 0 Å². The average Bonchev–Trinajstić information content (AvgIpc) is 2.83. The highest BCUT2D eigenvalue weighted by Gasteiger charge is 2.21. The highest BCUT2D eigenvalue weighted by atomic mass is 32.1. The Morgan fingerprint density at radius 3 is 2.41 bits per heavy atom. The summed E-state index contributed by atoms with van der Waals surface area (Å²) in [5, 5.41) is 0. The van der Waals surface area contributed by atoms with Crippen molar-refractivity contribution in [2.45, 2.75) is 13.3 Å². The molecule has 0 bridgehead atoms. The molecule has 0 spiro atoms. The van der Waals surface area contributed by atoms with Crippen molar-refractivity contribution in [3.05, 3.63) is 64.5 Å². The first kappa shape index (κ1) is 28.5. The maximum atomic E-state index is 13.2. The highest BCUT2D eigenvalue weighted by molar-refractivity contribution is 7.80. The van der Waals surface area contributed by atoms with E-state index in [0.717, 1.165) is 18.0 Å². The maximum Gasteiger partial charge on any atom is 0.280 e. The van der Waals surface area contributed by atoms with E-state index in [1.807, 2.05) is 12.3 Å². The van der Waals surface area contributed by atoms with Crippen molar-refractivity contribution in [1.82, 2.24) is 26.1 Å². The van der Waals surface area contributed by atoms with E-state index in [-0.39, 0.29) is 35.8 Å². The fraction of sp³-hybridized carbons (Fsp3) is 0.238. The molecule has 13 heteroatoms. The van der Waals surface area contributed by atoms with Gasteiger partial charge in [-0.15, -0.1) is 0 Å². The van der Waals surface area contributed by atoms with Crippen LogP contribution in [-0.4, -0.2) is 40.4 Å². The van der Waals surface area contributed by atoms with Gasteiger partial charge in [-0.25, -0.2) is 19.6 Å². The van der Waals surface area contributed by atoms with Gasteiger partial charge in [-0.3, -0.25) is 24.6 Å². The molecule has 34 heavy (non-hydrogen) atoms. The standard InChI is InChI=1S/C19H17F2N5O4.C2H6S.H3N.H2/c1-29-10-3-4-26(17(27)5-10)16-7-11(13(8-24-16)19(28)25-22)12-6-14(18(20)21)23-9-15(12)30-2;1-2-3;;/h3-9,18H,22H2,1-2H3,(H,25,28);3H,2H2,1H3;1H3;1H. The topological polar surface area (TPSA) is 156 Å². The summed E-state index contributed by atoms with van der Waals surface area (Å²) in [6.07, 6.45) is 0.906. The number of thiol groups is 1. The molecule has 0 atom stereocenters. The second-order valence-electron chi connectivity index (χ2n) is 6.26. The molecule has 1 amide bonds. The molecule has 0 saturated heterocycles. The fourth-order valence-electron chi connectivity index (χ4n) is 2.79. The Hall–Kier alpha value is -3.55. The first-order valence-corrected chi connectivity index (χ1v) is 10.2. The predicted molar refractivity (Wildman–Crippen MR) is 129 cm³/mol. The number of methoxy groups -OCH3 is 2. The normalized spacial score (nSPS) is 10.0. The van der Waals surface area contributed by atoms with Gasteiger partial charge in [0.1, 0.15) is 23.0 Å². The lowest BCUT2D eigenvalue weighted by Gasteiger charge is -2.15. The number of rotatable bonds is 6. The van der Waals surface area contributed by atoms with E-state index in [0.29, 0.717) is 5.75 Å². The van der Waals surface area contributed by atoms with Crippen molar-refractivity contribution in [2.24, 2.45) is 5.84 Å². The third kappa shape index (κ3) is 6.50. The molecule has 0 aromatic carbocycles. The van der Waals surface area contributed by atoms with E-state index < -0.39 is 23.6 Å². The van der Waals surface area contributed by atoms with Gasteiger partial charge in [0.25, 0.3) is 17.9 Å². The molecule has 6 N–H and O–H groups in total. The molecule has 0 aliphatic rings. The number of hydrogen-bond donors (Lipinski definition) is 4. The van der Waals surface area contributed by atoms with Crippen LogP contribution in [0.25, 0.3) is 16.9 Å². The Balaban J connectivity index is 0.00000220. The van der Waals surface area contributed by atoms with E-state index in [9.17, 15) is 18.4 Å².